The Morgan fingerprint density at radius 3 is 2.68 bits per heavy atom. The highest BCUT2D eigenvalue weighted by molar-refractivity contribution is 5.75. The molecule has 106 valence electrons. The number of rotatable bonds is 7. The second-order valence-electron chi connectivity index (χ2n) is 4.00. The SMILES string of the molecule is CCOCCOC(=O)[C@@H](N)Cc1ccc(O)c(O)c1. The topological polar surface area (TPSA) is 102 Å². The summed E-state index contributed by atoms with van der Waals surface area (Å²) in [5, 5.41) is 18.5. The Bertz CT molecular complexity index is 421. The van der Waals surface area contributed by atoms with Crippen molar-refractivity contribution in [2.45, 2.75) is 19.4 Å². The zero-order valence-corrected chi connectivity index (χ0v) is 10.8. The van der Waals surface area contributed by atoms with E-state index in [0.717, 1.165) is 0 Å². The molecule has 0 aliphatic rings. The maximum Gasteiger partial charge on any atom is 0.323 e. The van der Waals surface area contributed by atoms with E-state index in [-0.39, 0.29) is 24.5 Å². The molecular weight excluding hydrogens is 250 g/mol. The molecule has 0 aromatic heterocycles. The maximum atomic E-state index is 11.5. The number of phenols is 2. The number of carbonyl (C=O) groups is 1. The molecule has 1 rings (SSSR count). The summed E-state index contributed by atoms with van der Waals surface area (Å²) in [6.45, 7) is 2.93. The van der Waals surface area contributed by atoms with E-state index in [0.29, 0.717) is 18.8 Å². The van der Waals surface area contributed by atoms with E-state index in [1.807, 2.05) is 6.92 Å². The Labute approximate surface area is 111 Å². The molecule has 0 heterocycles. The van der Waals surface area contributed by atoms with Crippen LogP contribution < -0.4 is 5.73 Å². The van der Waals surface area contributed by atoms with Crippen molar-refractivity contribution in [3.63, 3.8) is 0 Å². The van der Waals surface area contributed by atoms with E-state index in [1.165, 1.54) is 12.1 Å². The molecule has 0 aliphatic heterocycles. The normalized spacial score (nSPS) is 12.1. The van der Waals surface area contributed by atoms with Crippen LogP contribution in [0.3, 0.4) is 0 Å². The molecule has 0 radical (unpaired) electrons. The molecule has 6 heteroatoms. The predicted molar refractivity (Wildman–Crippen MR) is 68.9 cm³/mol. The van der Waals surface area contributed by atoms with Crippen molar-refractivity contribution >= 4 is 5.97 Å². The molecule has 6 nitrogen and oxygen atoms in total. The fraction of sp³-hybridized carbons (Fsp3) is 0.462. The Morgan fingerprint density at radius 1 is 1.32 bits per heavy atom. The summed E-state index contributed by atoms with van der Waals surface area (Å²) >= 11 is 0. The van der Waals surface area contributed by atoms with Crippen LogP contribution in [0.15, 0.2) is 18.2 Å². The van der Waals surface area contributed by atoms with Gasteiger partial charge in [-0.15, -0.1) is 0 Å². The molecule has 1 aromatic carbocycles. The number of esters is 1. The van der Waals surface area contributed by atoms with Crippen molar-refractivity contribution in [3.8, 4) is 11.5 Å². The van der Waals surface area contributed by atoms with E-state index >= 15 is 0 Å². The van der Waals surface area contributed by atoms with Crippen LogP contribution >= 0.6 is 0 Å². The second kappa shape index (κ2) is 7.60. The number of benzene rings is 1. The molecule has 0 saturated heterocycles. The largest absolute Gasteiger partial charge is 0.504 e. The van der Waals surface area contributed by atoms with Gasteiger partial charge in [0, 0.05) is 6.61 Å². The third kappa shape index (κ3) is 5.15. The fourth-order valence-electron chi connectivity index (χ4n) is 1.49. The number of carbonyl (C=O) groups excluding carboxylic acids is 1. The number of hydrogen-bond acceptors (Lipinski definition) is 6. The van der Waals surface area contributed by atoms with Gasteiger partial charge in [0.15, 0.2) is 11.5 Å². The smallest absolute Gasteiger partial charge is 0.323 e. The third-order valence-electron chi connectivity index (χ3n) is 2.47. The standard InChI is InChI=1S/C13H19NO5/c1-2-18-5-6-19-13(17)10(14)7-9-3-4-11(15)12(16)8-9/h3-4,8,10,15-16H,2,5-7,14H2,1H3/t10-/m0/s1. The van der Waals surface area contributed by atoms with Gasteiger partial charge >= 0.3 is 5.97 Å². The summed E-state index contributed by atoms with van der Waals surface area (Å²) in [4.78, 5) is 11.5. The van der Waals surface area contributed by atoms with Crippen molar-refractivity contribution in [3.05, 3.63) is 23.8 Å². The summed E-state index contributed by atoms with van der Waals surface area (Å²) in [7, 11) is 0. The average molecular weight is 269 g/mol. The lowest BCUT2D eigenvalue weighted by Crippen LogP contribution is -2.35. The fourth-order valence-corrected chi connectivity index (χ4v) is 1.49. The van der Waals surface area contributed by atoms with Crippen LogP contribution in [0.5, 0.6) is 11.5 Å². The molecule has 1 atom stereocenters. The van der Waals surface area contributed by atoms with Gasteiger partial charge in [0.2, 0.25) is 0 Å². The zero-order chi connectivity index (χ0) is 14.3. The van der Waals surface area contributed by atoms with Crippen LogP contribution in [0.2, 0.25) is 0 Å². The van der Waals surface area contributed by atoms with Crippen molar-refractivity contribution < 1.29 is 24.5 Å². The van der Waals surface area contributed by atoms with Gasteiger partial charge < -0.3 is 25.4 Å². The lowest BCUT2D eigenvalue weighted by molar-refractivity contribution is -0.146. The van der Waals surface area contributed by atoms with E-state index < -0.39 is 12.0 Å². The summed E-state index contributed by atoms with van der Waals surface area (Å²) in [6.07, 6.45) is 0.224. The highest BCUT2D eigenvalue weighted by Gasteiger charge is 2.16. The third-order valence-corrected chi connectivity index (χ3v) is 2.47. The molecule has 0 aliphatic carbocycles. The van der Waals surface area contributed by atoms with E-state index in [9.17, 15) is 9.90 Å². The lowest BCUT2D eigenvalue weighted by Gasteiger charge is -2.12. The molecule has 0 fully saturated rings. The van der Waals surface area contributed by atoms with E-state index in [4.69, 9.17) is 20.3 Å². The number of hydrogen-bond donors (Lipinski definition) is 3. The van der Waals surface area contributed by atoms with Crippen LogP contribution in [0.1, 0.15) is 12.5 Å². The lowest BCUT2D eigenvalue weighted by atomic mass is 10.1. The van der Waals surface area contributed by atoms with E-state index in [1.54, 1.807) is 6.07 Å². The first kappa shape index (κ1) is 15.3. The van der Waals surface area contributed by atoms with Gasteiger partial charge in [0.1, 0.15) is 12.6 Å². The van der Waals surface area contributed by atoms with Gasteiger partial charge in [-0.1, -0.05) is 6.07 Å². The number of nitrogens with two attached hydrogens (primary N) is 1. The van der Waals surface area contributed by atoms with Crippen molar-refractivity contribution in [1.29, 1.82) is 0 Å². The first-order chi connectivity index (χ1) is 9.04. The molecular formula is C13H19NO5. The number of ether oxygens (including phenoxy) is 2. The van der Waals surface area contributed by atoms with Gasteiger partial charge in [-0.2, -0.15) is 0 Å². The molecule has 1 aromatic rings. The van der Waals surface area contributed by atoms with E-state index in [2.05, 4.69) is 0 Å². The van der Waals surface area contributed by atoms with Gasteiger partial charge in [-0.3, -0.25) is 4.79 Å². The van der Waals surface area contributed by atoms with Gasteiger partial charge in [0.25, 0.3) is 0 Å². The molecule has 0 bridgehead atoms. The minimum absolute atomic E-state index is 0.168. The van der Waals surface area contributed by atoms with Crippen LogP contribution in [-0.4, -0.2) is 42.0 Å². The minimum Gasteiger partial charge on any atom is -0.504 e. The second-order valence-corrected chi connectivity index (χ2v) is 4.00. The zero-order valence-electron chi connectivity index (χ0n) is 10.8. The summed E-state index contributed by atoms with van der Waals surface area (Å²) in [6, 6.07) is 3.48. The molecule has 19 heavy (non-hydrogen) atoms. The van der Waals surface area contributed by atoms with Crippen molar-refractivity contribution in [2.75, 3.05) is 19.8 Å². The number of phenolic OH excluding ortho intramolecular Hbond substituents is 2. The number of aromatic hydroxyl groups is 2. The Balaban J connectivity index is 2.42. The highest BCUT2D eigenvalue weighted by atomic mass is 16.6. The highest BCUT2D eigenvalue weighted by Crippen LogP contribution is 2.25. The molecule has 0 saturated carbocycles. The average Bonchev–Trinajstić information content (AvgIpc) is 2.38. The Kier molecular flexibility index (Phi) is 6.11. The maximum absolute atomic E-state index is 11.5. The van der Waals surface area contributed by atoms with Crippen LogP contribution in [-0.2, 0) is 20.7 Å². The first-order valence-electron chi connectivity index (χ1n) is 6.05. The first-order valence-corrected chi connectivity index (χ1v) is 6.05. The van der Waals surface area contributed by atoms with Gasteiger partial charge in [-0.05, 0) is 31.0 Å². The quantitative estimate of drug-likeness (QED) is 0.379. The van der Waals surface area contributed by atoms with Gasteiger partial charge in [-0.25, -0.2) is 0 Å². The Morgan fingerprint density at radius 2 is 2.05 bits per heavy atom. The van der Waals surface area contributed by atoms with Crippen molar-refractivity contribution in [1.82, 2.24) is 0 Å². The molecule has 4 N–H and O–H groups in total. The summed E-state index contributed by atoms with van der Waals surface area (Å²) in [5.41, 5.74) is 6.34. The van der Waals surface area contributed by atoms with Crippen LogP contribution in [0, 0.1) is 0 Å². The molecule has 0 amide bonds. The summed E-state index contributed by atoms with van der Waals surface area (Å²) in [5.74, 6) is -0.974. The minimum atomic E-state index is -0.814. The Hall–Kier alpha value is -1.79. The summed E-state index contributed by atoms with van der Waals surface area (Å²) < 4.78 is 9.96. The molecule has 0 spiro atoms. The van der Waals surface area contributed by atoms with Crippen molar-refractivity contribution in [2.24, 2.45) is 5.73 Å². The van der Waals surface area contributed by atoms with Gasteiger partial charge in [0.05, 0.1) is 6.61 Å². The van der Waals surface area contributed by atoms with Crippen LogP contribution in [0.25, 0.3) is 0 Å². The predicted octanol–water partition coefficient (Wildman–Crippen LogP) is 0.547. The van der Waals surface area contributed by atoms with Crippen LogP contribution in [0.4, 0.5) is 0 Å². The monoisotopic (exact) mass is 269 g/mol. The molecule has 0 unspecified atom stereocenters.